The predicted octanol–water partition coefficient (Wildman–Crippen LogP) is 4.03. The van der Waals surface area contributed by atoms with Crippen molar-refractivity contribution in [1.29, 1.82) is 0 Å². The van der Waals surface area contributed by atoms with Crippen LogP contribution < -0.4 is 0 Å². The summed E-state index contributed by atoms with van der Waals surface area (Å²) in [6, 6.07) is 0. The standard InChI is InChI=1S/C13H22O/c1-2-3-4-5-6-9-12-10-7-8-11-13(12)14/h9H,2-8,10-11H2,1H3. The van der Waals surface area contributed by atoms with Crippen LogP contribution in [0.1, 0.15) is 64.7 Å². The Labute approximate surface area is 87.6 Å². The van der Waals surface area contributed by atoms with Gasteiger partial charge in [0.2, 0.25) is 0 Å². The Morgan fingerprint density at radius 1 is 1.14 bits per heavy atom. The lowest BCUT2D eigenvalue weighted by atomic mass is 9.92. The molecule has 14 heavy (non-hydrogen) atoms. The second kappa shape index (κ2) is 6.80. The molecule has 0 atom stereocenters. The summed E-state index contributed by atoms with van der Waals surface area (Å²) < 4.78 is 0. The summed E-state index contributed by atoms with van der Waals surface area (Å²) in [6.45, 7) is 2.23. The third kappa shape index (κ3) is 4.08. The highest BCUT2D eigenvalue weighted by Crippen LogP contribution is 2.20. The number of Topliss-reactive ketones (excluding diaryl/α,β-unsaturated/α-hetero) is 1. The predicted molar refractivity (Wildman–Crippen MR) is 60.3 cm³/mol. The van der Waals surface area contributed by atoms with Crippen molar-refractivity contribution in [3.05, 3.63) is 11.6 Å². The molecule has 0 heterocycles. The van der Waals surface area contributed by atoms with Crippen molar-refractivity contribution >= 4 is 5.78 Å². The maximum atomic E-state index is 11.4. The first-order valence-electron chi connectivity index (χ1n) is 6.07. The summed E-state index contributed by atoms with van der Waals surface area (Å²) in [5.41, 5.74) is 1.12. The van der Waals surface area contributed by atoms with E-state index in [1.807, 2.05) is 0 Å². The third-order valence-electron chi connectivity index (χ3n) is 2.91. The van der Waals surface area contributed by atoms with Gasteiger partial charge in [-0.1, -0.05) is 32.3 Å². The van der Waals surface area contributed by atoms with Gasteiger partial charge in [-0.15, -0.1) is 0 Å². The lowest BCUT2D eigenvalue weighted by Crippen LogP contribution is -2.08. The van der Waals surface area contributed by atoms with Crippen LogP contribution in [0.15, 0.2) is 11.6 Å². The van der Waals surface area contributed by atoms with Gasteiger partial charge in [0.05, 0.1) is 0 Å². The summed E-state index contributed by atoms with van der Waals surface area (Å²) >= 11 is 0. The van der Waals surface area contributed by atoms with Crippen LogP contribution in [0.25, 0.3) is 0 Å². The van der Waals surface area contributed by atoms with Crippen molar-refractivity contribution in [2.24, 2.45) is 0 Å². The first kappa shape index (κ1) is 11.5. The van der Waals surface area contributed by atoms with Crippen molar-refractivity contribution in [3.63, 3.8) is 0 Å². The first-order chi connectivity index (χ1) is 6.84. The summed E-state index contributed by atoms with van der Waals surface area (Å²) in [7, 11) is 0. The van der Waals surface area contributed by atoms with Crippen LogP contribution in [0.3, 0.4) is 0 Å². The van der Waals surface area contributed by atoms with Gasteiger partial charge in [0, 0.05) is 6.42 Å². The van der Waals surface area contributed by atoms with Crippen molar-refractivity contribution < 1.29 is 4.79 Å². The second-order valence-corrected chi connectivity index (χ2v) is 4.21. The minimum Gasteiger partial charge on any atom is -0.295 e. The normalized spacial score (nSPS) is 20.4. The minimum absolute atomic E-state index is 0.409. The molecule has 0 aromatic rings. The third-order valence-corrected chi connectivity index (χ3v) is 2.91. The molecule has 1 saturated carbocycles. The van der Waals surface area contributed by atoms with Crippen molar-refractivity contribution in [2.75, 3.05) is 0 Å². The molecular formula is C13H22O. The van der Waals surface area contributed by atoms with Gasteiger partial charge in [-0.05, 0) is 37.7 Å². The smallest absolute Gasteiger partial charge is 0.158 e. The van der Waals surface area contributed by atoms with E-state index in [1.54, 1.807) is 0 Å². The lowest BCUT2D eigenvalue weighted by molar-refractivity contribution is -0.116. The highest BCUT2D eigenvalue weighted by Gasteiger charge is 2.13. The van der Waals surface area contributed by atoms with Gasteiger partial charge in [0.25, 0.3) is 0 Å². The van der Waals surface area contributed by atoms with Crippen molar-refractivity contribution in [3.8, 4) is 0 Å². The average Bonchev–Trinajstić information content (AvgIpc) is 2.20. The molecule has 1 nitrogen and oxygen atoms in total. The van der Waals surface area contributed by atoms with Crippen LogP contribution in [0, 0.1) is 0 Å². The van der Waals surface area contributed by atoms with Crippen LogP contribution in [0.5, 0.6) is 0 Å². The fourth-order valence-electron chi connectivity index (χ4n) is 1.96. The Kier molecular flexibility index (Phi) is 5.58. The molecule has 0 bridgehead atoms. The number of rotatable bonds is 5. The quantitative estimate of drug-likeness (QED) is 0.477. The molecule has 1 aliphatic rings. The van der Waals surface area contributed by atoms with E-state index in [4.69, 9.17) is 0 Å². The average molecular weight is 194 g/mol. The largest absolute Gasteiger partial charge is 0.295 e. The molecule has 1 aliphatic carbocycles. The number of allylic oxidation sites excluding steroid dienone is 2. The van der Waals surface area contributed by atoms with Crippen LogP contribution in [-0.4, -0.2) is 5.78 Å². The Bertz CT molecular complexity index is 203. The molecule has 1 heteroatoms. The van der Waals surface area contributed by atoms with E-state index in [9.17, 15) is 4.79 Å². The van der Waals surface area contributed by atoms with Crippen LogP contribution >= 0.6 is 0 Å². The fourth-order valence-corrected chi connectivity index (χ4v) is 1.96. The zero-order chi connectivity index (χ0) is 10.2. The topological polar surface area (TPSA) is 17.1 Å². The molecule has 0 unspecified atom stereocenters. The van der Waals surface area contributed by atoms with Crippen LogP contribution in [-0.2, 0) is 4.79 Å². The molecule has 80 valence electrons. The number of carbonyl (C=O) groups excluding carboxylic acids is 1. The SMILES string of the molecule is CCCCCCC=C1CCCCC1=O. The molecule has 0 spiro atoms. The van der Waals surface area contributed by atoms with Gasteiger partial charge in [0.1, 0.15) is 0 Å². The number of unbranched alkanes of at least 4 members (excludes halogenated alkanes) is 4. The Morgan fingerprint density at radius 3 is 2.64 bits per heavy atom. The summed E-state index contributed by atoms with van der Waals surface area (Å²) in [5, 5.41) is 0. The van der Waals surface area contributed by atoms with E-state index in [0.717, 1.165) is 31.3 Å². The van der Waals surface area contributed by atoms with E-state index in [2.05, 4.69) is 13.0 Å². The number of hydrogen-bond donors (Lipinski definition) is 0. The molecule has 0 aliphatic heterocycles. The monoisotopic (exact) mass is 194 g/mol. The zero-order valence-corrected chi connectivity index (χ0v) is 9.35. The van der Waals surface area contributed by atoms with Gasteiger partial charge in [-0.3, -0.25) is 4.79 Å². The van der Waals surface area contributed by atoms with Crippen LogP contribution in [0.4, 0.5) is 0 Å². The second-order valence-electron chi connectivity index (χ2n) is 4.21. The van der Waals surface area contributed by atoms with Crippen LogP contribution in [0.2, 0.25) is 0 Å². The summed E-state index contributed by atoms with van der Waals surface area (Å²) in [6.07, 6.45) is 12.6. The molecule has 0 aromatic carbocycles. The van der Waals surface area contributed by atoms with Crippen molar-refractivity contribution in [1.82, 2.24) is 0 Å². The molecule has 0 N–H and O–H groups in total. The van der Waals surface area contributed by atoms with Gasteiger partial charge >= 0.3 is 0 Å². The van der Waals surface area contributed by atoms with E-state index >= 15 is 0 Å². The van der Waals surface area contributed by atoms with Crippen molar-refractivity contribution in [2.45, 2.75) is 64.7 Å². The van der Waals surface area contributed by atoms with E-state index < -0.39 is 0 Å². The highest BCUT2D eigenvalue weighted by molar-refractivity contribution is 5.95. The summed E-state index contributed by atoms with van der Waals surface area (Å²) in [5.74, 6) is 0.409. The molecule has 1 rings (SSSR count). The van der Waals surface area contributed by atoms with Gasteiger partial charge in [-0.2, -0.15) is 0 Å². The van der Waals surface area contributed by atoms with E-state index in [0.29, 0.717) is 5.78 Å². The summed E-state index contributed by atoms with van der Waals surface area (Å²) in [4.78, 5) is 11.4. The molecule has 0 amide bonds. The Morgan fingerprint density at radius 2 is 1.93 bits per heavy atom. The highest BCUT2D eigenvalue weighted by atomic mass is 16.1. The van der Waals surface area contributed by atoms with Gasteiger partial charge in [-0.25, -0.2) is 0 Å². The molecule has 0 saturated heterocycles. The maximum absolute atomic E-state index is 11.4. The van der Waals surface area contributed by atoms with Gasteiger partial charge in [0.15, 0.2) is 5.78 Å². The zero-order valence-electron chi connectivity index (χ0n) is 9.35. The molecule has 0 aromatic heterocycles. The van der Waals surface area contributed by atoms with E-state index in [-0.39, 0.29) is 0 Å². The minimum atomic E-state index is 0.409. The number of ketones is 1. The fraction of sp³-hybridized carbons (Fsp3) is 0.769. The molecule has 1 fully saturated rings. The number of hydrogen-bond acceptors (Lipinski definition) is 1. The number of carbonyl (C=O) groups is 1. The molecule has 0 radical (unpaired) electrons. The first-order valence-corrected chi connectivity index (χ1v) is 6.07. The van der Waals surface area contributed by atoms with Gasteiger partial charge < -0.3 is 0 Å². The Hall–Kier alpha value is -0.590. The Balaban J connectivity index is 2.18. The lowest BCUT2D eigenvalue weighted by Gasteiger charge is -2.12. The van der Waals surface area contributed by atoms with E-state index in [1.165, 1.54) is 32.1 Å². The maximum Gasteiger partial charge on any atom is 0.158 e. The molecular weight excluding hydrogens is 172 g/mol.